The third kappa shape index (κ3) is 7.29. The highest BCUT2D eigenvalue weighted by atomic mass is 32.1. The van der Waals surface area contributed by atoms with Gasteiger partial charge in [-0.2, -0.15) is 0 Å². The molecule has 0 bridgehead atoms. The molecular weight excluding hydrogens is 538 g/mol. The van der Waals surface area contributed by atoms with Gasteiger partial charge < -0.3 is 26.0 Å². The summed E-state index contributed by atoms with van der Waals surface area (Å²) in [7, 11) is 0. The molecule has 4 aromatic rings. The number of carbonyl (C=O) groups is 3. The van der Waals surface area contributed by atoms with E-state index in [0.29, 0.717) is 45.7 Å². The smallest absolute Gasteiger partial charge is 0.397 e. The number of rotatable bonds is 10. The van der Waals surface area contributed by atoms with Crippen molar-refractivity contribution in [3.8, 4) is 16.3 Å². The van der Waals surface area contributed by atoms with Crippen molar-refractivity contribution in [2.45, 2.75) is 39.3 Å². The van der Waals surface area contributed by atoms with Crippen molar-refractivity contribution >= 4 is 40.1 Å². The molecule has 4 N–H and O–H groups in total. The Balaban J connectivity index is 1.39. The van der Waals surface area contributed by atoms with E-state index in [0.717, 1.165) is 29.7 Å². The minimum Gasteiger partial charge on any atom is -0.397 e. The first-order valence-electron chi connectivity index (χ1n) is 13.5. The van der Waals surface area contributed by atoms with Crippen LogP contribution < -0.4 is 26.0 Å². The van der Waals surface area contributed by atoms with Crippen LogP contribution in [0.15, 0.2) is 72.8 Å². The van der Waals surface area contributed by atoms with Crippen molar-refractivity contribution in [2.24, 2.45) is 0 Å². The van der Waals surface area contributed by atoms with E-state index >= 15 is 0 Å². The van der Waals surface area contributed by atoms with E-state index in [1.54, 1.807) is 36.4 Å². The van der Waals surface area contributed by atoms with Gasteiger partial charge in [0.25, 0.3) is 11.8 Å². The van der Waals surface area contributed by atoms with E-state index in [1.165, 1.54) is 11.3 Å². The van der Waals surface area contributed by atoms with Crippen LogP contribution in [0.5, 0.6) is 5.06 Å². The number of anilines is 2. The van der Waals surface area contributed by atoms with Gasteiger partial charge in [-0.25, -0.2) is 9.78 Å². The summed E-state index contributed by atoms with van der Waals surface area (Å²) in [6, 6.07) is 22.2. The topological polar surface area (TPSA) is 121 Å². The van der Waals surface area contributed by atoms with E-state index in [4.69, 9.17) is 9.72 Å². The van der Waals surface area contributed by atoms with Crippen LogP contribution in [0.4, 0.5) is 15.6 Å². The van der Waals surface area contributed by atoms with Crippen LogP contribution in [-0.4, -0.2) is 35.5 Å². The highest BCUT2D eigenvalue weighted by Gasteiger charge is 2.24. The Morgan fingerprint density at radius 2 is 1.66 bits per heavy atom. The summed E-state index contributed by atoms with van der Waals surface area (Å²) in [5.74, 6) is -0.279. The van der Waals surface area contributed by atoms with Crippen LogP contribution in [0.2, 0.25) is 0 Å². The van der Waals surface area contributed by atoms with E-state index in [2.05, 4.69) is 21.3 Å². The molecule has 9 nitrogen and oxygen atoms in total. The predicted octanol–water partition coefficient (Wildman–Crippen LogP) is 5.79. The summed E-state index contributed by atoms with van der Waals surface area (Å²) in [5, 5.41) is 12.6. The van der Waals surface area contributed by atoms with Crippen LogP contribution in [0.25, 0.3) is 11.3 Å². The molecule has 1 saturated carbocycles. The first-order valence-corrected chi connectivity index (χ1v) is 14.3. The number of ether oxygens (including phenoxy) is 1. The minimum atomic E-state index is -0.612. The lowest BCUT2D eigenvalue weighted by molar-refractivity contribution is 0.0945. The fraction of sp³-hybridized carbons (Fsp3) is 0.226. The van der Waals surface area contributed by atoms with Gasteiger partial charge in [0.2, 0.25) is 5.06 Å². The molecule has 0 unspecified atom stereocenters. The summed E-state index contributed by atoms with van der Waals surface area (Å²) < 4.78 is 5.72. The van der Waals surface area contributed by atoms with E-state index < -0.39 is 6.09 Å². The number of hydrogen-bond donors (Lipinski definition) is 4. The van der Waals surface area contributed by atoms with Crippen molar-refractivity contribution in [3.63, 3.8) is 0 Å². The van der Waals surface area contributed by atoms with Gasteiger partial charge in [0.15, 0.2) is 5.13 Å². The lowest BCUT2D eigenvalue weighted by Gasteiger charge is -2.10. The lowest BCUT2D eigenvalue weighted by atomic mass is 10.1. The molecule has 3 amide bonds. The Morgan fingerprint density at radius 1 is 0.927 bits per heavy atom. The number of hydrogen-bond acceptors (Lipinski definition) is 7. The molecule has 1 aliphatic rings. The molecule has 1 heterocycles. The largest absolute Gasteiger partial charge is 0.413 e. The van der Waals surface area contributed by atoms with Gasteiger partial charge in [-0.3, -0.25) is 9.59 Å². The van der Waals surface area contributed by atoms with Crippen LogP contribution in [0.1, 0.15) is 51.6 Å². The van der Waals surface area contributed by atoms with E-state index in [1.807, 2.05) is 50.2 Å². The quantitative estimate of drug-likeness (QED) is 0.192. The molecule has 1 fully saturated rings. The van der Waals surface area contributed by atoms with Crippen LogP contribution in [0.3, 0.4) is 0 Å². The van der Waals surface area contributed by atoms with Gasteiger partial charge in [-0.05, 0) is 62.1 Å². The molecule has 10 heteroatoms. The highest BCUT2D eigenvalue weighted by molar-refractivity contribution is 7.18. The third-order valence-corrected chi connectivity index (χ3v) is 7.32. The van der Waals surface area contributed by atoms with Crippen molar-refractivity contribution in [1.82, 2.24) is 20.9 Å². The minimum absolute atomic E-state index is 0.110. The monoisotopic (exact) mass is 569 g/mol. The second-order valence-electron chi connectivity index (χ2n) is 9.72. The Bertz CT molecular complexity index is 1550. The summed E-state index contributed by atoms with van der Waals surface area (Å²) in [4.78, 5) is 42.3. The molecule has 0 saturated heterocycles. The average molecular weight is 570 g/mol. The first-order chi connectivity index (χ1) is 19.9. The summed E-state index contributed by atoms with van der Waals surface area (Å²) in [6.07, 6.45) is 1.41. The molecule has 0 atom stereocenters. The van der Waals surface area contributed by atoms with Gasteiger partial charge >= 0.3 is 6.09 Å². The van der Waals surface area contributed by atoms with Gasteiger partial charge in [0.1, 0.15) is 5.69 Å². The zero-order chi connectivity index (χ0) is 28.8. The fourth-order valence-corrected chi connectivity index (χ4v) is 4.90. The van der Waals surface area contributed by atoms with Gasteiger partial charge in [-0.1, -0.05) is 59.9 Å². The average Bonchev–Trinajstić information content (AvgIpc) is 3.71. The first kappa shape index (κ1) is 27.9. The highest BCUT2D eigenvalue weighted by Crippen LogP contribution is 2.39. The molecule has 41 heavy (non-hydrogen) atoms. The molecule has 1 aromatic heterocycles. The molecule has 0 radical (unpaired) electrons. The SMILES string of the molecule is CCNC(=O)c1ccc(-c2nc(Nc3cc(C(=O)NC4CC4)ccc3C)sc2OC(=O)NCc2ccccc2)cc1. The zero-order valence-electron chi connectivity index (χ0n) is 22.8. The van der Waals surface area contributed by atoms with Gasteiger partial charge in [-0.15, -0.1) is 0 Å². The van der Waals surface area contributed by atoms with Crippen LogP contribution in [0, 0.1) is 6.92 Å². The number of benzene rings is 3. The molecule has 1 aliphatic carbocycles. The normalized spacial score (nSPS) is 12.3. The Morgan fingerprint density at radius 3 is 2.37 bits per heavy atom. The van der Waals surface area contributed by atoms with Crippen molar-refractivity contribution < 1.29 is 19.1 Å². The number of aromatic nitrogens is 1. The number of amides is 3. The maximum absolute atomic E-state index is 12.7. The van der Waals surface area contributed by atoms with Crippen LogP contribution >= 0.6 is 11.3 Å². The van der Waals surface area contributed by atoms with Crippen LogP contribution in [-0.2, 0) is 6.54 Å². The Kier molecular flexibility index (Phi) is 8.59. The second kappa shape index (κ2) is 12.6. The number of carbonyl (C=O) groups excluding carboxylic acids is 3. The maximum Gasteiger partial charge on any atom is 0.413 e. The molecular formula is C31H31N5O4S. The second-order valence-corrected chi connectivity index (χ2v) is 10.7. The molecule has 210 valence electrons. The number of aryl methyl sites for hydroxylation is 1. The molecule has 5 rings (SSSR count). The summed E-state index contributed by atoms with van der Waals surface area (Å²) in [6.45, 7) is 4.64. The van der Waals surface area contributed by atoms with E-state index in [-0.39, 0.29) is 17.9 Å². The molecule has 0 aliphatic heterocycles. The molecule has 3 aromatic carbocycles. The third-order valence-electron chi connectivity index (χ3n) is 6.47. The van der Waals surface area contributed by atoms with Gasteiger partial charge in [0.05, 0.1) is 0 Å². The number of nitrogens with zero attached hydrogens (tertiary/aromatic N) is 1. The predicted molar refractivity (Wildman–Crippen MR) is 160 cm³/mol. The van der Waals surface area contributed by atoms with Crippen molar-refractivity contribution in [3.05, 3.63) is 95.1 Å². The standard InChI is InChI=1S/C31H31N5O4S/c1-3-32-27(37)22-13-11-21(12-14-22)26-29(40-31(39)33-18-20-7-5-4-6-8-20)41-30(36-26)35-25-17-23(10-9-19(25)2)28(38)34-24-15-16-24/h4-14,17,24H,3,15-16,18H2,1-2H3,(H,32,37)(H,33,39)(H,34,38)(H,35,36). The fourth-order valence-electron chi connectivity index (χ4n) is 4.05. The van der Waals surface area contributed by atoms with E-state index in [9.17, 15) is 14.4 Å². The Hall–Kier alpha value is -4.70. The number of thiazole rings is 1. The summed E-state index contributed by atoms with van der Waals surface area (Å²) >= 11 is 1.18. The zero-order valence-corrected chi connectivity index (χ0v) is 23.6. The van der Waals surface area contributed by atoms with Crippen molar-refractivity contribution in [2.75, 3.05) is 11.9 Å². The summed E-state index contributed by atoms with van der Waals surface area (Å²) in [5.41, 5.74) is 4.80. The Labute approximate surface area is 242 Å². The molecule has 0 spiro atoms. The maximum atomic E-state index is 12.7. The van der Waals surface area contributed by atoms with Gasteiger partial charge in [0, 0.05) is 41.5 Å². The lowest BCUT2D eigenvalue weighted by Crippen LogP contribution is -2.26. The van der Waals surface area contributed by atoms with Crippen molar-refractivity contribution in [1.29, 1.82) is 0 Å². The number of nitrogens with one attached hydrogen (secondary N) is 4.